The third-order valence-corrected chi connectivity index (χ3v) is 9.50. The first kappa shape index (κ1) is 26.1. The number of likely N-dealkylation sites (N-methyl/N-ethyl adjacent to an activating group) is 1. The zero-order chi connectivity index (χ0) is 29.0. The molecule has 1 aliphatic heterocycles. The van der Waals surface area contributed by atoms with Crippen molar-refractivity contribution in [2.75, 3.05) is 33.2 Å². The Balaban J connectivity index is 1.22. The minimum atomic E-state index is -4.02. The number of nitrogens with zero attached hydrogens (tertiary/aromatic N) is 7. The number of hydrogen-bond acceptors (Lipinski definition) is 7. The molecule has 0 bridgehead atoms. The van der Waals surface area contributed by atoms with E-state index < -0.39 is 10.0 Å². The molecule has 0 atom stereocenters. The predicted molar refractivity (Wildman–Crippen MR) is 159 cm³/mol. The van der Waals surface area contributed by atoms with Gasteiger partial charge in [-0.2, -0.15) is 5.10 Å². The average molecular weight is 581 g/mol. The lowest BCUT2D eigenvalue weighted by Gasteiger charge is -2.32. The number of amides is 1. The lowest BCUT2D eigenvalue weighted by atomic mass is 10.0. The molecule has 1 aromatic carbocycles. The van der Waals surface area contributed by atoms with Crippen LogP contribution in [0.1, 0.15) is 10.4 Å². The molecule has 6 aromatic rings. The fourth-order valence-corrected chi connectivity index (χ4v) is 6.79. The van der Waals surface area contributed by atoms with Crippen LogP contribution >= 0.6 is 0 Å². The van der Waals surface area contributed by atoms with Crippen LogP contribution in [0.4, 0.5) is 0 Å². The van der Waals surface area contributed by atoms with E-state index >= 15 is 0 Å². The normalized spacial score (nSPS) is 14.7. The van der Waals surface area contributed by atoms with Gasteiger partial charge in [0.2, 0.25) is 0 Å². The summed E-state index contributed by atoms with van der Waals surface area (Å²) in [5.74, 6) is 0.0153. The summed E-state index contributed by atoms with van der Waals surface area (Å²) in [4.78, 5) is 29.3. The number of pyridine rings is 2. The Bertz CT molecular complexity index is 2070. The van der Waals surface area contributed by atoms with Crippen LogP contribution in [0.2, 0.25) is 0 Å². The summed E-state index contributed by atoms with van der Waals surface area (Å²) in [6.07, 6.45) is 8.20. The zero-order valence-corrected chi connectivity index (χ0v) is 23.9. The third kappa shape index (κ3) is 4.45. The van der Waals surface area contributed by atoms with E-state index in [9.17, 15) is 13.2 Å². The Labute approximate surface area is 242 Å². The molecule has 1 aliphatic rings. The van der Waals surface area contributed by atoms with Gasteiger partial charge in [-0.15, -0.1) is 0 Å². The molecular weight excluding hydrogens is 552 g/mol. The van der Waals surface area contributed by atoms with Crippen molar-refractivity contribution in [1.82, 2.24) is 38.5 Å². The Morgan fingerprint density at radius 2 is 1.69 bits per heavy atom. The second-order valence-corrected chi connectivity index (χ2v) is 12.4. The number of carbonyl (C=O) groups excluding carboxylic acids is 1. The summed E-state index contributed by atoms with van der Waals surface area (Å²) in [5, 5.41) is 5.37. The van der Waals surface area contributed by atoms with Gasteiger partial charge in [-0.3, -0.25) is 9.48 Å². The van der Waals surface area contributed by atoms with E-state index in [1.54, 1.807) is 23.1 Å². The van der Waals surface area contributed by atoms with Crippen molar-refractivity contribution < 1.29 is 13.2 Å². The smallest absolute Gasteiger partial charge is 0.271 e. The lowest BCUT2D eigenvalue weighted by molar-refractivity contribution is 0.0664. The molecule has 0 saturated carbocycles. The molecule has 1 N–H and O–H groups in total. The van der Waals surface area contributed by atoms with Crippen LogP contribution < -0.4 is 0 Å². The topological polar surface area (TPSA) is 122 Å². The molecule has 0 radical (unpaired) electrons. The van der Waals surface area contributed by atoms with Crippen molar-refractivity contribution in [3.8, 4) is 22.4 Å². The highest BCUT2D eigenvalue weighted by Gasteiger charge is 2.25. The molecule has 0 unspecified atom stereocenters. The second-order valence-electron chi connectivity index (χ2n) is 10.6. The summed E-state index contributed by atoms with van der Waals surface area (Å²) >= 11 is 0. The highest BCUT2D eigenvalue weighted by atomic mass is 32.2. The van der Waals surface area contributed by atoms with Gasteiger partial charge in [0.15, 0.2) is 5.65 Å². The third-order valence-electron chi connectivity index (χ3n) is 7.79. The number of benzene rings is 1. The fourth-order valence-electron chi connectivity index (χ4n) is 5.35. The van der Waals surface area contributed by atoms with E-state index in [4.69, 9.17) is 0 Å². The van der Waals surface area contributed by atoms with Crippen LogP contribution in [0, 0.1) is 0 Å². The van der Waals surface area contributed by atoms with Gasteiger partial charge in [-0.25, -0.2) is 22.4 Å². The fraction of sp³-hybridized carbons (Fsp3) is 0.200. The summed E-state index contributed by atoms with van der Waals surface area (Å²) in [6.45, 7) is 3.13. The molecule has 1 fully saturated rings. The molecule has 42 heavy (non-hydrogen) atoms. The first-order valence-corrected chi connectivity index (χ1v) is 15.0. The first-order valence-electron chi connectivity index (χ1n) is 13.6. The highest BCUT2D eigenvalue weighted by molar-refractivity contribution is 7.90. The number of fused-ring (bicyclic) bond motifs is 2. The highest BCUT2D eigenvalue weighted by Crippen LogP contribution is 2.31. The van der Waals surface area contributed by atoms with Crippen LogP contribution in [0.15, 0.2) is 84.4 Å². The zero-order valence-electron chi connectivity index (χ0n) is 23.1. The van der Waals surface area contributed by atoms with Gasteiger partial charge in [0.1, 0.15) is 10.5 Å². The van der Waals surface area contributed by atoms with E-state index in [1.807, 2.05) is 60.6 Å². The van der Waals surface area contributed by atoms with Gasteiger partial charge in [0, 0.05) is 85.5 Å². The number of aromatic amines is 1. The molecule has 5 aromatic heterocycles. The van der Waals surface area contributed by atoms with Crippen molar-refractivity contribution in [3.05, 3.63) is 85.1 Å². The molecule has 1 amide bonds. The van der Waals surface area contributed by atoms with Crippen molar-refractivity contribution >= 4 is 38.0 Å². The number of hydrogen-bond donors (Lipinski definition) is 1. The molecular formula is C30H28N8O3S. The number of nitrogens with one attached hydrogen (secondary N) is 1. The Hall–Kier alpha value is -4.81. The molecule has 6 heterocycles. The second kappa shape index (κ2) is 9.93. The van der Waals surface area contributed by atoms with Crippen LogP contribution in [0.5, 0.6) is 0 Å². The molecule has 212 valence electrons. The van der Waals surface area contributed by atoms with Gasteiger partial charge < -0.3 is 14.8 Å². The van der Waals surface area contributed by atoms with Gasteiger partial charge in [0.05, 0.1) is 11.9 Å². The largest absolute Gasteiger partial charge is 0.345 e. The Kier molecular flexibility index (Phi) is 6.17. The Morgan fingerprint density at radius 1 is 0.905 bits per heavy atom. The maximum atomic E-state index is 14.0. The number of H-pyrrole nitrogens is 1. The van der Waals surface area contributed by atoms with E-state index in [0.717, 1.165) is 29.8 Å². The maximum absolute atomic E-state index is 14.0. The number of piperazine rings is 1. The van der Waals surface area contributed by atoms with Crippen LogP contribution in [-0.4, -0.2) is 86.1 Å². The number of carbonyl (C=O) groups is 1. The van der Waals surface area contributed by atoms with E-state index in [0.29, 0.717) is 46.4 Å². The van der Waals surface area contributed by atoms with Crippen LogP contribution in [0.3, 0.4) is 0 Å². The van der Waals surface area contributed by atoms with Gasteiger partial charge in [-0.1, -0.05) is 12.1 Å². The number of aryl methyl sites for hydroxylation is 1. The Morgan fingerprint density at radius 3 is 2.43 bits per heavy atom. The maximum Gasteiger partial charge on any atom is 0.271 e. The molecule has 7 rings (SSSR count). The summed E-state index contributed by atoms with van der Waals surface area (Å²) in [5.41, 5.74) is 4.41. The monoisotopic (exact) mass is 580 g/mol. The minimum absolute atomic E-state index is 0.0153. The standard InChI is InChI=1S/C30H28N8O3S/c1-35-11-13-37(14-12-35)30(39)22-5-3-20(4-6-22)23-15-25-27(18-32-28(25)31-16-23)42(40,41)38-10-9-21-7-8-26(34-29(21)38)24-17-33-36(2)19-24/h3-10,15-19H,11-14H2,1-2H3,(H,31,32). The quantitative estimate of drug-likeness (QED) is 0.331. The van der Waals surface area contributed by atoms with Crippen molar-refractivity contribution in [2.45, 2.75) is 4.90 Å². The van der Waals surface area contributed by atoms with Crippen molar-refractivity contribution in [1.29, 1.82) is 0 Å². The molecule has 0 aliphatic carbocycles. The van der Waals surface area contributed by atoms with Gasteiger partial charge in [-0.05, 0) is 49.0 Å². The first-order chi connectivity index (χ1) is 20.3. The van der Waals surface area contributed by atoms with Gasteiger partial charge in [0.25, 0.3) is 15.9 Å². The van der Waals surface area contributed by atoms with Crippen molar-refractivity contribution in [2.24, 2.45) is 7.05 Å². The van der Waals surface area contributed by atoms with Crippen LogP contribution in [0.25, 0.3) is 44.5 Å². The molecule has 12 heteroatoms. The predicted octanol–water partition coefficient (Wildman–Crippen LogP) is 3.60. The molecule has 1 saturated heterocycles. The lowest BCUT2D eigenvalue weighted by Crippen LogP contribution is -2.47. The van der Waals surface area contributed by atoms with Gasteiger partial charge >= 0.3 is 0 Å². The summed E-state index contributed by atoms with van der Waals surface area (Å²) < 4.78 is 30.9. The number of aromatic nitrogens is 6. The summed E-state index contributed by atoms with van der Waals surface area (Å²) in [6, 6.07) is 14.6. The molecule has 0 spiro atoms. The minimum Gasteiger partial charge on any atom is -0.345 e. The van der Waals surface area contributed by atoms with Crippen LogP contribution in [-0.2, 0) is 17.1 Å². The molecule has 11 nitrogen and oxygen atoms in total. The van der Waals surface area contributed by atoms with E-state index in [2.05, 4.69) is 32.0 Å². The SMILES string of the molecule is CN1CCN(C(=O)c2ccc(-c3cnc4[nH]cc(S(=O)(=O)n5ccc6ccc(-c7cnn(C)c7)nc65)c4c3)cc2)CC1. The number of rotatable bonds is 5. The van der Waals surface area contributed by atoms with E-state index in [1.165, 1.54) is 16.4 Å². The summed E-state index contributed by atoms with van der Waals surface area (Å²) in [7, 11) is -0.152. The van der Waals surface area contributed by atoms with E-state index in [-0.39, 0.29) is 10.8 Å². The van der Waals surface area contributed by atoms with Crippen molar-refractivity contribution in [3.63, 3.8) is 0 Å². The average Bonchev–Trinajstić information content (AvgIpc) is 3.75.